The number of hydrogen-bond acceptors (Lipinski definition) is 5. The normalized spacial score (nSPS) is 15.0. The Labute approximate surface area is 183 Å². The second-order valence-corrected chi connectivity index (χ2v) is 7.87. The van der Waals surface area contributed by atoms with Gasteiger partial charge in [0.15, 0.2) is 11.5 Å². The number of benzene rings is 2. The molecule has 4 rings (SSSR count). The number of amides is 1. The van der Waals surface area contributed by atoms with Gasteiger partial charge in [0.2, 0.25) is 0 Å². The number of methoxy groups -OCH3 is 1. The molecule has 1 saturated heterocycles. The second kappa shape index (κ2) is 9.79. The third-order valence-corrected chi connectivity index (χ3v) is 5.93. The molecule has 0 spiro atoms. The van der Waals surface area contributed by atoms with Crippen LogP contribution in [0.2, 0.25) is 0 Å². The maximum absolute atomic E-state index is 12.8. The van der Waals surface area contributed by atoms with Crippen molar-refractivity contribution in [2.75, 3.05) is 26.7 Å². The minimum absolute atomic E-state index is 0.158. The Hall–Kier alpha value is -3.12. The molecule has 1 amide bonds. The summed E-state index contributed by atoms with van der Waals surface area (Å²) in [5.41, 5.74) is 3.69. The number of carbonyl (C=O) groups excluding carboxylic acids is 1. The van der Waals surface area contributed by atoms with Gasteiger partial charge in [0.1, 0.15) is 5.75 Å². The summed E-state index contributed by atoms with van der Waals surface area (Å²) >= 11 is 0. The summed E-state index contributed by atoms with van der Waals surface area (Å²) in [5.74, 6) is 1.10. The first kappa shape index (κ1) is 21.1. The summed E-state index contributed by atoms with van der Waals surface area (Å²) in [5, 5.41) is 7.04. The average molecular weight is 420 g/mol. The summed E-state index contributed by atoms with van der Waals surface area (Å²) in [6.45, 7) is 4.81. The smallest absolute Gasteiger partial charge is 0.273 e. The fourth-order valence-electron chi connectivity index (χ4n) is 4.04. The van der Waals surface area contributed by atoms with E-state index < -0.39 is 0 Å². The number of carbonyl (C=O) groups is 1. The molecule has 0 saturated carbocycles. The molecule has 2 heterocycles. The van der Waals surface area contributed by atoms with Crippen LogP contribution in [0.1, 0.15) is 47.4 Å². The number of likely N-dealkylation sites (tertiary alicyclic amines) is 1. The van der Waals surface area contributed by atoms with Crippen molar-refractivity contribution < 1.29 is 14.1 Å². The number of nitrogens with one attached hydrogen (secondary N) is 1. The number of nitrogens with zero attached hydrogens (tertiary/aromatic N) is 2. The predicted molar refractivity (Wildman–Crippen MR) is 120 cm³/mol. The summed E-state index contributed by atoms with van der Waals surface area (Å²) in [4.78, 5) is 15.2. The third kappa shape index (κ3) is 4.97. The molecule has 1 N–H and O–H groups in total. The standard InChI is InChI=1S/C25H29N3O3/c1-3-18-6-8-19(9-7-18)23(28-14-4-5-15-28)17-26-25(29)22-16-24(31-27-22)20-10-12-21(30-2)13-11-20/h6-13,16,23H,3-5,14-15,17H2,1-2H3,(H,26,29). The molecule has 1 fully saturated rings. The van der Waals surface area contributed by atoms with Crippen molar-refractivity contribution in [3.05, 3.63) is 71.4 Å². The molecular formula is C25H29N3O3. The summed E-state index contributed by atoms with van der Waals surface area (Å²) in [7, 11) is 1.62. The quantitative estimate of drug-likeness (QED) is 0.583. The van der Waals surface area contributed by atoms with Crippen LogP contribution in [-0.4, -0.2) is 42.7 Å². The van der Waals surface area contributed by atoms with Gasteiger partial charge in [-0.2, -0.15) is 0 Å². The minimum atomic E-state index is -0.224. The fourth-order valence-corrected chi connectivity index (χ4v) is 4.04. The van der Waals surface area contributed by atoms with Gasteiger partial charge in [-0.1, -0.05) is 36.3 Å². The molecule has 1 atom stereocenters. The van der Waals surface area contributed by atoms with Gasteiger partial charge in [0.25, 0.3) is 5.91 Å². The van der Waals surface area contributed by atoms with E-state index in [2.05, 4.69) is 46.6 Å². The van der Waals surface area contributed by atoms with Gasteiger partial charge < -0.3 is 14.6 Å². The van der Waals surface area contributed by atoms with E-state index in [0.29, 0.717) is 12.3 Å². The van der Waals surface area contributed by atoms with Gasteiger partial charge in [0.05, 0.1) is 13.2 Å². The van der Waals surface area contributed by atoms with E-state index in [1.54, 1.807) is 13.2 Å². The molecule has 6 nitrogen and oxygen atoms in total. The Morgan fingerprint density at radius 2 is 1.84 bits per heavy atom. The van der Waals surface area contributed by atoms with E-state index in [4.69, 9.17) is 9.26 Å². The zero-order valence-corrected chi connectivity index (χ0v) is 18.1. The van der Waals surface area contributed by atoms with Crippen molar-refractivity contribution in [2.45, 2.75) is 32.2 Å². The highest BCUT2D eigenvalue weighted by Crippen LogP contribution is 2.26. The molecule has 0 radical (unpaired) electrons. The third-order valence-electron chi connectivity index (χ3n) is 5.93. The van der Waals surface area contributed by atoms with E-state index in [-0.39, 0.29) is 17.6 Å². The van der Waals surface area contributed by atoms with E-state index >= 15 is 0 Å². The van der Waals surface area contributed by atoms with Crippen molar-refractivity contribution >= 4 is 5.91 Å². The van der Waals surface area contributed by atoms with Gasteiger partial charge >= 0.3 is 0 Å². The topological polar surface area (TPSA) is 67.6 Å². The first-order chi connectivity index (χ1) is 15.2. The van der Waals surface area contributed by atoms with E-state index in [1.807, 2.05) is 24.3 Å². The molecular weight excluding hydrogens is 390 g/mol. The van der Waals surface area contributed by atoms with Gasteiger partial charge in [-0.3, -0.25) is 9.69 Å². The number of aromatic nitrogens is 1. The lowest BCUT2D eigenvalue weighted by Crippen LogP contribution is -2.36. The number of ether oxygens (including phenoxy) is 1. The molecule has 2 aromatic carbocycles. The molecule has 3 aromatic rings. The van der Waals surface area contributed by atoms with Gasteiger partial charge in [-0.25, -0.2) is 0 Å². The zero-order valence-electron chi connectivity index (χ0n) is 18.1. The largest absolute Gasteiger partial charge is 0.497 e. The van der Waals surface area contributed by atoms with Crippen LogP contribution in [-0.2, 0) is 6.42 Å². The maximum Gasteiger partial charge on any atom is 0.273 e. The summed E-state index contributed by atoms with van der Waals surface area (Å²) in [6, 6.07) is 18.0. The molecule has 162 valence electrons. The van der Waals surface area contributed by atoms with Crippen LogP contribution in [0, 0.1) is 0 Å². The predicted octanol–water partition coefficient (Wildman–Crippen LogP) is 4.48. The Morgan fingerprint density at radius 3 is 2.48 bits per heavy atom. The van der Waals surface area contributed by atoms with Crippen molar-refractivity contribution in [3.63, 3.8) is 0 Å². The van der Waals surface area contributed by atoms with Crippen LogP contribution in [0.25, 0.3) is 11.3 Å². The van der Waals surface area contributed by atoms with Crippen molar-refractivity contribution in [1.82, 2.24) is 15.4 Å². The zero-order chi connectivity index (χ0) is 21.6. The SMILES string of the molecule is CCc1ccc(C(CNC(=O)c2cc(-c3ccc(OC)cc3)on2)N2CCCC2)cc1. The Bertz CT molecular complexity index is 990. The Kier molecular flexibility index (Phi) is 6.67. The fraction of sp³-hybridized carbons (Fsp3) is 0.360. The molecule has 1 aromatic heterocycles. The minimum Gasteiger partial charge on any atom is -0.497 e. The number of hydrogen-bond donors (Lipinski definition) is 1. The average Bonchev–Trinajstić information content (AvgIpc) is 3.52. The molecule has 0 aliphatic carbocycles. The molecule has 0 bridgehead atoms. The molecule has 1 unspecified atom stereocenters. The van der Waals surface area contributed by atoms with Crippen LogP contribution in [0.4, 0.5) is 0 Å². The highest BCUT2D eigenvalue weighted by Gasteiger charge is 2.24. The first-order valence-corrected chi connectivity index (χ1v) is 10.9. The van der Waals surface area contributed by atoms with Crippen LogP contribution >= 0.6 is 0 Å². The van der Waals surface area contributed by atoms with Crippen LogP contribution < -0.4 is 10.1 Å². The Morgan fingerprint density at radius 1 is 1.13 bits per heavy atom. The van der Waals surface area contributed by atoms with E-state index in [0.717, 1.165) is 30.8 Å². The number of aryl methyl sites for hydroxylation is 1. The van der Waals surface area contributed by atoms with E-state index in [1.165, 1.54) is 24.0 Å². The highest BCUT2D eigenvalue weighted by atomic mass is 16.5. The summed E-state index contributed by atoms with van der Waals surface area (Å²) in [6.07, 6.45) is 3.42. The van der Waals surface area contributed by atoms with Crippen molar-refractivity contribution in [2.24, 2.45) is 0 Å². The molecule has 6 heteroatoms. The monoisotopic (exact) mass is 419 g/mol. The second-order valence-electron chi connectivity index (χ2n) is 7.87. The first-order valence-electron chi connectivity index (χ1n) is 10.9. The van der Waals surface area contributed by atoms with Gasteiger partial charge in [-0.05, 0) is 67.7 Å². The van der Waals surface area contributed by atoms with Crippen LogP contribution in [0.3, 0.4) is 0 Å². The summed E-state index contributed by atoms with van der Waals surface area (Å²) < 4.78 is 10.6. The van der Waals surface area contributed by atoms with E-state index in [9.17, 15) is 4.79 Å². The maximum atomic E-state index is 12.8. The van der Waals surface area contributed by atoms with Crippen molar-refractivity contribution in [1.29, 1.82) is 0 Å². The lowest BCUT2D eigenvalue weighted by Gasteiger charge is -2.28. The molecule has 1 aliphatic heterocycles. The lowest BCUT2D eigenvalue weighted by atomic mass is 10.0. The molecule has 1 aliphatic rings. The highest BCUT2D eigenvalue weighted by molar-refractivity contribution is 5.93. The lowest BCUT2D eigenvalue weighted by molar-refractivity contribution is 0.0929. The van der Waals surface area contributed by atoms with Gasteiger partial charge in [0, 0.05) is 18.2 Å². The van der Waals surface area contributed by atoms with Crippen molar-refractivity contribution in [3.8, 4) is 17.1 Å². The van der Waals surface area contributed by atoms with Crippen LogP contribution in [0.5, 0.6) is 5.75 Å². The number of rotatable bonds is 8. The molecule has 31 heavy (non-hydrogen) atoms. The van der Waals surface area contributed by atoms with Crippen LogP contribution in [0.15, 0.2) is 59.1 Å². The Balaban J connectivity index is 1.44. The van der Waals surface area contributed by atoms with Gasteiger partial charge in [-0.15, -0.1) is 0 Å².